The van der Waals surface area contributed by atoms with Crippen LogP contribution in [0.15, 0.2) is 59.4 Å². The molecule has 1 unspecified atom stereocenters. The maximum absolute atomic E-state index is 14.0. The molecule has 0 fully saturated rings. The number of pyridine rings is 2. The second-order valence-electron chi connectivity index (χ2n) is 9.75. The molecule has 9 nitrogen and oxygen atoms in total. The molecule has 0 saturated heterocycles. The first-order chi connectivity index (χ1) is 18.4. The van der Waals surface area contributed by atoms with Crippen LogP contribution < -0.4 is 4.90 Å². The molecule has 206 valence electrons. The Labute approximate surface area is 230 Å². The van der Waals surface area contributed by atoms with Crippen molar-refractivity contribution in [3.63, 3.8) is 0 Å². The normalized spacial score (nSPS) is 17.4. The van der Waals surface area contributed by atoms with Crippen LogP contribution in [0.2, 0.25) is 0 Å². The molecule has 39 heavy (non-hydrogen) atoms. The highest BCUT2D eigenvalue weighted by atomic mass is 35.5. The van der Waals surface area contributed by atoms with E-state index in [1.165, 1.54) is 0 Å². The molecule has 0 aliphatic carbocycles. The van der Waals surface area contributed by atoms with E-state index in [4.69, 9.17) is 16.3 Å². The first kappa shape index (κ1) is 28.5. The summed E-state index contributed by atoms with van der Waals surface area (Å²) in [7, 11) is 3.69. The second-order valence-corrected chi connectivity index (χ2v) is 10.2. The van der Waals surface area contributed by atoms with Gasteiger partial charge in [0.05, 0.1) is 23.3 Å². The molecule has 0 bridgehead atoms. The fourth-order valence-electron chi connectivity index (χ4n) is 4.25. The summed E-state index contributed by atoms with van der Waals surface area (Å²) in [5.74, 6) is -1.25. The average molecular weight is 559 g/mol. The Bertz CT molecular complexity index is 1450. The highest BCUT2D eigenvalue weighted by Crippen LogP contribution is 2.36. The summed E-state index contributed by atoms with van der Waals surface area (Å²) >= 11 is 6.47. The smallest absolute Gasteiger partial charge is 0.171 e. The van der Waals surface area contributed by atoms with E-state index in [1.54, 1.807) is 49.3 Å². The summed E-state index contributed by atoms with van der Waals surface area (Å²) in [6.07, 6.45) is 4.40. The van der Waals surface area contributed by atoms with Gasteiger partial charge in [0, 0.05) is 36.8 Å². The fraction of sp³-hybridized carbons (Fsp3) is 0.333. The van der Waals surface area contributed by atoms with Crippen molar-refractivity contribution in [3.05, 3.63) is 88.1 Å². The minimum Gasteiger partial charge on any atom is -0.486 e. The van der Waals surface area contributed by atoms with Gasteiger partial charge in [-0.1, -0.05) is 11.6 Å². The van der Waals surface area contributed by atoms with Crippen LogP contribution in [0.5, 0.6) is 0 Å². The molecule has 0 aromatic carbocycles. The number of rotatable bonds is 8. The van der Waals surface area contributed by atoms with Gasteiger partial charge < -0.3 is 24.7 Å². The number of ether oxygens (including phenoxy) is 1. The van der Waals surface area contributed by atoms with Crippen LogP contribution in [-0.2, 0) is 16.9 Å². The van der Waals surface area contributed by atoms with Gasteiger partial charge in [-0.3, -0.25) is 9.97 Å². The van der Waals surface area contributed by atoms with E-state index in [9.17, 15) is 19.0 Å². The summed E-state index contributed by atoms with van der Waals surface area (Å²) < 4.78 is 32.7. The van der Waals surface area contributed by atoms with Crippen molar-refractivity contribution >= 4 is 17.3 Å². The Hall–Kier alpha value is -3.51. The van der Waals surface area contributed by atoms with Crippen LogP contribution in [0, 0.1) is 18.6 Å². The van der Waals surface area contributed by atoms with Crippen LogP contribution >= 0.6 is 11.6 Å². The van der Waals surface area contributed by atoms with Gasteiger partial charge in [0.2, 0.25) is 0 Å². The lowest BCUT2D eigenvalue weighted by molar-refractivity contribution is 0.0217. The van der Waals surface area contributed by atoms with E-state index < -0.39 is 23.5 Å². The molecule has 4 heterocycles. The first-order valence-corrected chi connectivity index (χ1v) is 12.4. The monoisotopic (exact) mass is 558 g/mol. The zero-order valence-corrected chi connectivity index (χ0v) is 22.9. The highest BCUT2D eigenvalue weighted by Gasteiger charge is 2.31. The number of anilines is 1. The van der Waals surface area contributed by atoms with E-state index >= 15 is 0 Å². The van der Waals surface area contributed by atoms with Gasteiger partial charge in [-0.25, -0.2) is 18.7 Å². The van der Waals surface area contributed by atoms with Crippen molar-refractivity contribution < 1.29 is 23.7 Å². The number of hydrogen-bond donors (Lipinski definition) is 2. The van der Waals surface area contributed by atoms with E-state index in [1.807, 2.05) is 25.9 Å². The number of halogens is 3. The summed E-state index contributed by atoms with van der Waals surface area (Å²) in [4.78, 5) is 20.5. The number of aryl methyl sites for hydroxylation is 1. The van der Waals surface area contributed by atoms with E-state index in [-0.39, 0.29) is 28.9 Å². The third-order valence-electron chi connectivity index (χ3n) is 6.03. The molecule has 1 aliphatic rings. The van der Waals surface area contributed by atoms with Crippen molar-refractivity contribution in [1.29, 1.82) is 0 Å². The van der Waals surface area contributed by atoms with E-state index in [2.05, 4.69) is 19.9 Å². The van der Waals surface area contributed by atoms with Crippen molar-refractivity contribution in [2.45, 2.75) is 39.2 Å². The lowest BCUT2D eigenvalue weighted by atomic mass is 10.1. The van der Waals surface area contributed by atoms with Crippen LogP contribution in [-0.4, -0.2) is 61.9 Å². The quantitative estimate of drug-likeness (QED) is 0.424. The molecular formula is C27H29ClF2N6O3. The van der Waals surface area contributed by atoms with Crippen molar-refractivity contribution in [3.8, 4) is 11.4 Å². The predicted molar refractivity (Wildman–Crippen MR) is 142 cm³/mol. The summed E-state index contributed by atoms with van der Waals surface area (Å²) in [5, 5.41) is 22.0. The molecule has 1 aliphatic heterocycles. The summed E-state index contributed by atoms with van der Waals surface area (Å²) in [6.45, 7) is 5.26. The molecule has 12 heteroatoms. The van der Waals surface area contributed by atoms with E-state index in [0.29, 0.717) is 35.4 Å². The Morgan fingerprint density at radius 2 is 1.87 bits per heavy atom. The summed E-state index contributed by atoms with van der Waals surface area (Å²) in [5.41, 5.74) is 1.58. The molecule has 0 radical (unpaired) electrons. The number of aliphatic hydroxyl groups excluding tert-OH is 1. The van der Waals surface area contributed by atoms with Crippen molar-refractivity contribution in [2.75, 3.05) is 25.5 Å². The third kappa shape index (κ3) is 6.22. The van der Waals surface area contributed by atoms with Crippen LogP contribution in [0.1, 0.15) is 30.9 Å². The van der Waals surface area contributed by atoms with Gasteiger partial charge in [0.25, 0.3) is 0 Å². The number of aliphatic hydroxyl groups is 2. The van der Waals surface area contributed by atoms with Crippen LogP contribution in [0.4, 0.5) is 14.5 Å². The average Bonchev–Trinajstić information content (AvgIpc) is 2.86. The van der Waals surface area contributed by atoms with Gasteiger partial charge in [0.15, 0.2) is 17.9 Å². The Morgan fingerprint density at radius 1 is 1.13 bits per heavy atom. The van der Waals surface area contributed by atoms with Crippen LogP contribution in [0.3, 0.4) is 0 Å². The number of aromatic nitrogens is 4. The number of hydrogen-bond acceptors (Lipinski definition) is 9. The largest absolute Gasteiger partial charge is 0.486 e. The molecule has 2 N–H and O–H groups in total. The maximum atomic E-state index is 14.0. The van der Waals surface area contributed by atoms with Gasteiger partial charge in [0.1, 0.15) is 34.5 Å². The standard InChI is InChI=1S/C27H29ClF2N6O3/c1-15-11-32-20(19-6-7-31-26(34-19)27(3,38)14-35(4)5)10-22(15)36-16(2)8-23(24(28)25(36)37)39-13-21-18(30)9-17(29)12-33-21/h6-12,25,37-38H,13-14H2,1-5H3/t25-,27?/m0/s1. The van der Waals surface area contributed by atoms with E-state index in [0.717, 1.165) is 11.8 Å². The SMILES string of the molecule is CC1=CC(OCc2ncc(F)cc2F)=C(Cl)[C@H](O)N1c1cc(-c2ccnc(C(C)(O)CN(C)C)n2)ncc1C. The van der Waals surface area contributed by atoms with Gasteiger partial charge in [-0.2, -0.15) is 0 Å². The Kier molecular flexibility index (Phi) is 8.26. The minimum atomic E-state index is -1.31. The lowest BCUT2D eigenvalue weighted by Crippen LogP contribution is -2.37. The van der Waals surface area contributed by atoms with Gasteiger partial charge in [-0.05, 0) is 52.6 Å². The maximum Gasteiger partial charge on any atom is 0.171 e. The van der Waals surface area contributed by atoms with Crippen molar-refractivity contribution in [1.82, 2.24) is 24.8 Å². The summed E-state index contributed by atoms with van der Waals surface area (Å²) in [6, 6.07) is 4.16. The minimum absolute atomic E-state index is 0.0232. The molecule has 0 amide bonds. The lowest BCUT2D eigenvalue weighted by Gasteiger charge is -2.35. The topological polar surface area (TPSA) is 108 Å². The molecular weight excluding hydrogens is 530 g/mol. The number of likely N-dealkylation sites (N-methyl/N-ethyl adjacent to an activating group) is 1. The molecule has 0 saturated carbocycles. The number of allylic oxidation sites excluding steroid dienone is 2. The molecule has 2 atom stereocenters. The highest BCUT2D eigenvalue weighted by molar-refractivity contribution is 6.31. The van der Waals surface area contributed by atoms with Crippen molar-refractivity contribution in [2.24, 2.45) is 0 Å². The zero-order chi connectivity index (χ0) is 28.5. The second kappa shape index (κ2) is 11.3. The third-order valence-corrected chi connectivity index (χ3v) is 6.41. The van der Waals surface area contributed by atoms with Crippen LogP contribution in [0.25, 0.3) is 11.4 Å². The predicted octanol–water partition coefficient (Wildman–Crippen LogP) is 4.00. The molecule has 0 spiro atoms. The first-order valence-electron chi connectivity index (χ1n) is 12.0. The van der Waals surface area contributed by atoms with Gasteiger partial charge >= 0.3 is 0 Å². The zero-order valence-electron chi connectivity index (χ0n) is 22.2. The molecule has 3 aromatic heterocycles. The molecule has 3 aromatic rings. The Morgan fingerprint density at radius 3 is 2.56 bits per heavy atom. The van der Waals surface area contributed by atoms with Gasteiger partial charge in [-0.15, -0.1) is 0 Å². The Balaban J connectivity index is 1.62. The fourth-order valence-corrected chi connectivity index (χ4v) is 4.46. The molecule has 4 rings (SSSR count). The number of nitrogens with zero attached hydrogens (tertiary/aromatic N) is 6.